The number of amides is 1. The maximum Gasteiger partial charge on any atom is 0.243 e. The third-order valence-electron chi connectivity index (χ3n) is 1.54. The highest BCUT2D eigenvalue weighted by Crippen LogP contribution is 1.98. The molecular weight excluding hydrogens is 208 g/mol. The number of nitrogens with zero attached hydrogens (tertiary/aromatic N) is 3. The SMILES string of the molecule is NC(=O)COCCn1cnnc1CCl. The molecule has 7 heteroatoms. The molecule has 0 saturated heterocycles. The topological polar surface area (TPSA) is 83.0 Å². The summed E-state index contributed by atoms with van der Waals surface area (Å²) < 4.78 is 6.73. The van der Waals surface area contributed by atoms with Crippen LogP contribution in [0.5, 0.6) is 0 Å². The molecular formula is C7H11ClN4O2. The van der Waals surface area contributed by atoms with Crippen molar-refractivity contribution in [3.05, 3.63) is 12.2 Å². The summed E-state index contributed by atoms with van der Waals surface area (Å²) in [6.45, 7) is 0.867. The van der Waals surface area contributed by atoms with Crippen LogP contribution in [-0.4, -0.2) is 33.9 Å². The van der Waals surface area contributed by atoms with Gasteiger partial charge in [0.2, 0.25) is 5.91 Å². The molecule has 0 atom stereocenters. The van der Waals surface area contributed by atoms with Gasteiger partial charge in [0.1, 0.15) is 18.8 Å². The van der Waals surface area contributed by atoms with E-state index in [4.69, 9.17) is 22.1 Å². The minimum absolute atomic E-state index is 0.0711. The van der Waals surface area contributed by atoms with E-state index in [-0.39, 0.29) is 6.61 Å². The van der Waals surface area contributed by atoms with Crippen LogP contribution >= 0.6 is 11.6 Å². The van der Waals surface area contributed by atoms with Crippen LogP contribution in [0.4, 0.5) is 0 Å². The molecule has 0 aliphatic carbocycles. The van der Waals surface area contributed by atoms with E-state index in [9.17, 15) is 4.79 Å². The fraction of sp³-hybridized carbons (Fsp3) is 0.571. The number of ether oxygens (including phenoxy) is 1. The molecule has 6 nitrogen and oxygen atoms in total. The molecule has 0 aromatic carbocycles. The number of hydrogen-bond acceptors (Lipinski definition) is 4. The summed E-state index contributed by atoms with van der Waals surface area (Å²) >= 11 is 5.60. The Morgan fingerprint density at radius 3 is 3.14 bits per heavy atom. The molecule has 0 spiro atoms. The molecule has 1 amide bonds. The van der Waals surface area contributed by atoms with E-state index < -0.39 is 5.91 Å². The molecule has 2 N–H and O–H groups in total. The van der Waals surface area contributed by atoms with Crippen LogP contribution in [0.1, 0.15) is 5.82 Å². The highest BCUT2D eigenvalue weighted by Gasteiger charge is 2.02. The zero-order valence-electron chi connectivity index (χ0n) is 7.52. The van der Waals surface area contributed by atoms with Gasteiger partial charge in [-0.1, -0.05) is 0 Å². The van der Waals surface area contributed by atoms with Crippen molar-refractivity contribution in [1.29, 1.82) is 0 Å². The molecule has 14 heavy (non-hydrogen) atoms. The number of carbonyl (C=O) groups excluding carboxylic acids is 1. The predicted octanol–water partition coefficient (Wildman–Crippen LogP) is -0.481. The summed E-state index contributed by atoms with van der Waals surface area (Å²) in [4.78, 5) is 10.3. The Bertz CT molecular complexity index is 302. The molecule has 1 aromatic rings. The molecule has 0 bridgehead atoms. The quantitative estimate of drug-likeness (QED) is 0.516. The van der Waals surface area contributed by atoms with Crippen LogP contribution in [0, 0.1) is 0 Å². The smallest absolute Gasteiger partial charge is 0.243 e. The Labute approximate surface area is 86.0 Å². The molecule has 1 rings (SSSR count). The third kappa shape index (κ3) is 3.31. The number of hydrogen-bond donors (Lipinski definition) is 1. The zero-order chi connectivity index (χ0) is 10.4. The van der Waals surface area contributed by atoms with Crippen LogP contribution in [-0.2, 0) is 22.0 Å². The lowest BCUT2D eigenvalue weighted by Gasteiger charge is -2.04. The monoisotopic (exact) mass is 218 g/mol. The van der Waals surface area contributed by atoms with Gasteiger partial charge in [-0.3, -0.25) is 4.79 Å². The van der Waals surface area contributed by atoms with Gasteiger partial charge in [-0.05, 0) is 0 Å². The van der Waals surface area contributed by atoms with Crippen molar-refractivity contribution in [2.75, 3.05) is 13.2 Å². The van der Waals surface area contributed by atoms with Crippen molar-refractivity contribution < 1.29 is 9.53 Å². The number of carbonyl (C=O) groups is 1. The normalized spacial score (nSPS) is 10.4. The fourth-order valence-electron chi connectivity index (χ4n) is 0.905. The first-order valence-corrected chi connectivity index (χ1v) is 4.56. The molecule has 0 aliphatic rings. The standard InChI is InChI=1S/C7H11ClN4O2/c8-3-7-11-10-5-12(7)1-2-14-4-6(9)13/h5H,1-4H2,(H2,9,13). The highest BCUT2D eigenvalue weighted by molar-refractivity contribution is 6.16. The van der Waals surface area contributed by atoms with Gasteiger partial charge in [0, 0.05) is 6.54 Å². The van der Waals surface area contributed by atoms with Gasteiger partial charge in [-0.2, -0.15) is 0 Å². The lowest BCUT2D eigenvalue weighted by molar-refractivity contribution is -0.122. The lowest BCUT2D eigenvalue weighted by atomic mass is 10.6. The second-order valence-electron chi connectivity index (χ2n) is 2.59. The largest absolute Gasteiger partial charge is 0.370 e. The van der Waals surface area contributed by atoms with Gasteiger partial charge >= 0.3 is 0 Å². The van der Waals surface area contributed by atoms with Crippen molar-refractivity contribution >= 4 is 17.5 Å². The maximum absolute atomic E-state index is 10.3. The minimum Gasteiger partial charge on any atom is -0.370 e. The van der Waals surface area contributed by atoms with Crippen molar-refractivity contribution in [3.63, 3.8) is 0 Å². The fourth-order valence-corrected chi connectivity index (χ4v) is 1.11. The summed E-state index contributed by atoms with van der Waals surface area (Å²) in [5.74, 6) is 0.496. The average Bonchev–Trinajstić information content (AvgIpc) is 2.59. The molecule has 0 radical (unpaired) electrons. The summed E-state index contributed by atoms with van der Waals surface area (Å²) in [6.07, 6.45) is 1.56. The Hall–Kier alpha value is -1.14. The van der Waals surface area contributed by atoms with E-state index >= 15 is 0 Å². The van der Waals surface area contributed by atoms with Gasteiger partial charge in [-0.25, -0.2) is 0 Å². The van der Waals surface area contributed by atoms with Crippen LogP contribution in [0.15, 0.2) is 6.33 Å². The summed E-state index contributed by atoms with van der Waals surface area (Å²) in [5.41, 5.74) is 4.89. The van der Waals surface area contributed by atoms with E-state index in [1.807, 2.05) is 0 Å². The molecule has 0 unspecified atom stereocenters. The van der Waals surface area contributed by atoms with E-state index in [2.05, 4.69) is 10.2 Å². The first-order valence-electron chi connectivity index (χ1n) is 4.02. The zero-order valence-corrected chi connectivity index (χ0v) is 8.28. The lowest BCUT2D eigenvalue weighted by Crippen LogP contribution is -2.19. The van der Waals surface area contributed by atoms with E-state index in [1.165, 1.54) is 0 Å². The van der Waals surface area contributed by atoms with Gasteiger partial charge in [0.05, 0.1) is 12.5 Å². The summed E-state index contributed by atoms with van der Waals surface area (Å²) in [5, 5.41) is 7.47. The summed E-state index contributed by atoms with van der Waals surface area (Å²) in [7, 11) is 0. The number of nitrogens with two attached hydrogens (primary N) is 1. The van der Waals surface area contributed by atoms with E-state index in [0.29, 0.717) is 24.9 Å². The number of aromatic nitrogens is 3. The number of primary amides is 1. The molecule has 78 valence electrons. The Morgan fingerprint density at radius 1 is 1.71 bits per heavy atom. The second-order valence-corrected chi connectivity index (χ2v) is 2.86. The van der Waals surface area contributed by atoms with Gasteiger partial charge in [-0.15, -0.1) is 21.8 Å². The number of halogens is 1. The van der Waals surface area contributed by atoms with Crippen molar-refractivity contribution in [3.8, 4) is 0 Å². The van der Waals surface area contributed by atoms with E-state index in [0.717, 1.165) is 0 Å². The van der Waals surface area contributed by atoms with Crippen LogP contribution in [0.3, 0.4) is 0 Å². The Balaban J connectivity index is 2.27. The second kappa shape index (κ2) is 5.56. The highest BCUT2D eigenvalue weighted by atomic mass is 35.5. The molecule has 1 heterocycles. The first kappa shape index (κ1) is 10.9. The molecule has 0 aliphatic heterocycles. The van der Waals surface area contributed by atoms with Crippen LogP contribution in [0.25, 0.3) is 0 Å². The van der Waals surface area contributed by atoms with Gasteiger partial charge in [0.25, 0.3) is 0 Å². The Morgan fingerprint density at radius 2 is 2.50 bits per heavy atom. The molecule has 0 fully saturated rings. The first-order chi connectivity index (χ1) is 6.74. The average molecular weight is 219 g/mol. The van der Waals surface area contributed by atoms with E-state index in [1.54, 1.807) is 10.9 Å². The van der Waals surface area contributed by atoms with Crippen molar-refractivity contribution in [2.24, 2.45) is 5.73 Å². The Kier molecular flexibility index (Phi) is 4.34. The van der Waals surface area contributed by atoms with Crippen LogP contribution in [0.2, 0.25) is 0 Å². The van der Waals surface area contributed by atoms with Crippen molar-refractivity contribution in [2.45, 2.75) is 12.4 Å². The van der Waals surface area contributed by atoms with Gasteiger partial charge in [0.15, 0.2) is 0 Å². The molecule has 0 saturated carbocycles. The van der Waals surface area contributed by atoms with Gasteiger partial charge < -0.3 is 15.0 Å². The number of alkyl halides is 1. The predicted molar refractivity (Wildman–Crippen MR) is 49.6 cm³/mol. The maximum atomic E-state index is 10.3. The summed E-state index contributed by atoms with van der Waals surface area (Å²) in [6, 6.07) is 0. The number of rotatable bonds is 6. The minimum atomic E-state index is -0.480. The third-order valence-corrected chi connectivity index (χ3v) is 1.78. The van der Waals surface area contributed by atoms with Crippen molar-refractivity contribution in [1.82, 2.24) is 14.8 Å². The van der Waals surface area contributed by atoms with Crippen LogP contribution < -0.4 is 5.73 Å². The molecule has 1 aromatic heterocycles.